The lowest BCUT2D eigenvalue weighted by Crippen LogP contribution is -2.11. The van der Waals surface area contributed by atoms with Gasteiger partial charge in [0.05, 0.1) is 0 Å². The van der Waals surface area contributed by atoms with E-state index in [-0.39, 0.29) is 17.0 Å². The van der Waals surface area contributed by atoms with Gasteiger partial charge in [0.1, 0.15) is 5.52 Å². The van der Waals surface area contributed by atoms with Crippen LogP contribution in [0.5, 0.6) is 0 Å². The van der Waals surface area contributed by atoms with Gasteiger partial charge in [0.25, 0.3) is 0 Å². The molecular weight excluding hydrogens is 311 g/mol. The van der Waals surface area contributed by atoms with E-state index < -0.39 is 12.1 Å². The van der Waals surface area contributed by atoms with E-state index in [1.54, 1.807) is 0 Å². The van der Waals surface area contributed by atoms with Gasteiger partial charge in [-0.1, -0.05) is 12.8 Å². The van der Waals surface area contributed by atoms with Crippen molar-refractivity contribution in [2.75, 3.05) is 11.9 Å². The number of amides is 1. The Morgan fingerprint density at radius 3 is 2.65 bits per heavy atom. The molecule has 0 saturated carbocycles. The minimum Gasteiger partial charge on any atom is -0.433 e. The second kappa shape index (κ2) is 7.45. The lowest BCUT2D eigenvalue weighted by molar-refractivity contribution is -0.156. The largest absolute Gasteiger partial charge is 0.468 e. The first kappa shape index (κ1) is 17.3. The predicted molar refractivity (Wildman–Crippen MR) is 79.8 cm³/mol. The van der Waals surface area contributed by atoms with E-state index in [4.69, 9.17) is 5.73 Å². The summed E-state index contributed by atoms with van der Waals surface area (Å²) in [6.45, 7) is 0.643. The highest BCUT2D eigenvalue weighted by Crippen LogP contribution is 2.31. The molecule has 0 spiro atoms. The summed E-state index contributed by atoms with van der Waals surface area (Å²) in [5.74, 6) is -1.48. The van der Waals surface area contributed by atoms with Crippen molar-refractivity contribution in [3.63, 3.8) is 0 Å². The van der Waals surface area contributed by atoms with Crippen LogP contribution in [0.3, 0.4) is 0 Å². The molecule has 0 unspecified atom stereocenters. The van der Waals surface area contributed by atoms with Crippen molar-refractivity contribution in [3.8, 4) is 0 Å². The number of halogens is 3. The summed E-state index contributed by atoms with van der Waals surface area (Å²) in [6.07, 6.45) is -0.694. The Kier molecular flexibility index (Phi) is 5.59. The maximum absolute atomic E-state index is 12.5. The summed E-state index contributed by atoms with van der Waals surface area (Å²) < 4.78 is 42.2. The van der Waals surface area contributed by atoms with Gasteiger partial charge in [-0.2, -0.15) is 13.2 Å². The number of anilines is 1. The highest BCUT2D eigenvalue weighted by atomic mass is 19.4. The minimum absolute atomic E-state index is 0.0251. The zero-order chi connectivity index (χ0) is 16.9. The first-order valence-electron chi connectivity index (χ1n) is 7.38. The summed E-state index contributed by atoms with van der Waals surface area (Å²) in [5, 5.41) is 2.65. The number of oxazole rings is 1. The number of nitrogens with one attached hydrogen (secondary N) is 1. The fourth-order valence-electron chi connectivity index (χ4n) is 2.13. The summed E-state index contributed by atoms with van der Waals surface area (Å²) in [5.41, 5.74) is 5.86. The van der Waals surface area contributed by atoms with Crippen molar-refractivity contribution in [2.45, 2.75) is 38.3 Å². The Balaban J connectivity index is 1.94. The van der Waals surface area contributed by atoms with Crippen molar-refractivity contribution < 1.29 is 22.4 Å². The quantitative estimate of drug-likeness (QED) is 0.759. The zero-order valence-corrected chi connectivity index (χ0v) is 12.4. The Bertz CT molecular complexity index is 668. The molecule has 0 fully saturated rings. The molecule has 23 heavy (non-hydrogen) atoms. The molecule has 1 aromatic carbocycles. The second-order valence-electron chi connectivity index (χ2n) is 5.20. The Labute approximate surface area is 131 Å². The maximum atomic E-state index is 12.5. The van der Waals surface area contributed by atoms with Crippen LogP contribution >= 0.6 is 0 Å². The Morgan fingerprint density at radius 2 is 1.96 bits per heavy atom. The van der Waals surface area contributed by atoms with Gasteiger partial charge in [-0.3, -0.25) is 4.79 Å². The first-order chi connectivity index (χ1) is 10.9. The van der Waals surface area contributed by atoms with Crippen molar-refractivity contribution in [3.05, 3.63) is 24.1 Å². The first-order valence-corrected chi connectivity index (χ1v) is 7.38. The third-order valence-corrected chi connectivity index (χ3v) is 3.27. The smallest absolute Gasteiger partial charge is 0.433 e. The maximum Gasteiger partial charge on any atom is 0.468 e. The molecule has 126 valence electrons. The number of hydrogen-bond acceptors (Lipinski definition) is 4. The number of unbranched alkanes of at least 4 members (excludes halogenated alkanes) is 3. The van der Waals surface area contributed by atoms with Crippen LogP contribution in [0.4, 0.5) is 18.9 Å². The fraction of sp³-hybridized carbons (Fsp3) is 0.467. The zero-order valence-electron chi connectivity index (χ0n) is 12.4. The molecule has 5 nitrogen and oxygen atoms in total. The van der Waals surface area contributed by atoms with Crippen LogP contribution in [0.1, 0.15) is 38.0 Å². The third kappa shape index (κ3) is 4.95. The number of aromatic nitrogens is 1. The van der Waals surface area contributed by atoms with Gasteiger partial charge in [-0.15, -0.1) is 0 Å². The minimum atomic E-state index is -4.63. The molecule has 0 aliphatic rings. The number of nitrogens with zero attached hydrogens (tertiary/aromatic N) is 1. The van der Waals surface area contributed by atoms with Crippen molar-refractivity contribution in [2.24, 2.45) is 5.73 Å². The number of carbonyl (C=O) groups is 1. The van der Waals surface area contributed by atoms with Crippen molar-refractivity contribution in [1.29, 1.82) is 0 Å². The van der Waals surface area contributed by atoms with Crippen LogP contribution in [-0.2, 0) is 11.0 Å². The van der Waals surface area contributed by atoms with Gasteiger partial charge in [0.2, 0.25) is 5.91 Å². The third-order valence-electron chi connectivity index (χ3n) is 3.27. The average molecular weight is 329 g/mol. The van der Waals surface area contributed by atoms with Crippen LogP contribution in [0, 0.1) is 0 Å². The molecule has 0 atom stereocenters. The van der Waals surface area contributed by atoms with Gasteiger partial charge < -0.3 is 15.5 Å². The lowest BCUT2D eigenvalue weighted by Gasteiger charge is -2.04. The molecule has 1 amide bonds. The number of fused-ring (bicyclic) bond motifs is 1. The van der Waals surface area contributed by atoms with E-state index in [0.29, 0.717) is 18.7 Å². The van der Waals surface area contributed by atoms with Crippen LogP contribution < -0.4 is 11.1 Å². The summed E-state index contributed by atoms with van der Waals surface area (Å²) in [4.78, 5) is 15.2. The van der Waals surface area contributed by atoms with Crippen LogP contribution in [0.2, 0.25) is 0 Å². The number of hydrogen-bond donors (Lipinski definition) is 2. The molecule has 3 N–H and O–H groups in total. The van der Waals surface area contributed by atoms with Gasteiger partial charge in [0.15, 0.2) is 5.58 Å². The molecule has 1 aromatic heterocycles. The van der Waals surface area contributed by atoms with Gasteiger partial charge >= 0.3 is 12.1 Å². The molecule has 0 bridgehead atoms. The van der Waals surface area contributed by atoms with E-state index in [2.05, 4.69) is 14.7 Å². The molecule has 0 saturated heterocycles. The number of rotatable bonds is 7. The number of carbonyl (C=O) groups excluding carboxylic acids is 1. The molecule has 1 heterocycles. The highest BCUT2D eigenvalue weighted by molar-refractivity contribution is 5.92. The second-order valence-corrected chi connectivity index (χ2v) is 5.20. The molecule has 0 aliphatic heterocycles. The van der Waals surface area contributed by atoms with Gasteiger partial charge in [-0.25, -0.2) is 4.98 Å². The van der Waals surface area contributed by atoms with E-state index in [1.165, 1.54) is 18.2 Å². The Hall–Kier alpha value is -2.09. The van der Waals surface area contributed by atoms with Gasteiger partial charge in [0, 0.05) is 12.1 Å². The lowest BCUT2D eigenvalue weighted by atomic mass is 10.1. The molecule has 2 aromatic rings. The molecule has 8 heteroatoms. The molecular formula is C15H18F3N3O2. The summed E-state index contributed by atoms with van der Waals surface area (Å²) >= 11 is 0. The normalized spacial score (nSPS) is 11.8. The SMILES string of the molecule is NCCCCCCC(=O)Nc1ccc2oc(C(F)(F)F)nc2c1. The summed E-state index contributed by atoms with van der Waals surface area (Å²) in [6, 6.07) is 4.20. The van der Waals surface area contributed by atoms with Crippen LogP contribution in [0.15, 0.2) is 22.6 Å². The Morgan fingerprint density at radius 1 is 1.22 bits per heavy atom. The summed E-state index contributed by atoms with van der Waals surface area (Å²) in [7, 11) is 0. The number of alkyl halides is 3. The highest BCUT2D eigenvalue weighted by Gasteiger charge is 2.37. The standard InChI is InChI=1S/C15H18F3N3O2/c16-15(17,18)14-21-11-9-10(6-7-12(11)23-14)20-13(22)5-3-1-2-4-8-19/h6-7,9H,1-5,8,19H2,(H,20,22). The van der Waals surface area contributed by atoms with Crippen LogP contribution in [-0.4, -0.2) is 17.4 Å². The number of benzene rings is 1. The molecule has 0 aliphatic carbocycles. The predicted octanol–water partition coefficient (Wildman–Crippen LogP) is 3.69. The monoisotopic (exact) mass is 329 g/mol. The number of nitrogens with two attached hydrogens (primary N) is 1. The van der Waals surface area contributed by atoms with Crippen molar-refractivity contribution >= 4 is 22.7 Å². The molecule has 0 radical (unpaired) electrons. The van der Waals surface area contributed by atoms with E-state index in [1.807, 2.05) is 0 Å². The van der Waals surface area contributed by atoms with E-state index in [9.17, 15) is 18.0 Å². The van der Waals surface area contributed by atoms with Crippen LogP contribution in [0.25, 0.3) is 11.1 Å². The van der Waals surface area contributed by atoms with Gasteiger partial charge in [-0.05, 0) is 37.6 Å². The van der Waals surface area contributed by atoms with E-state index >= 15 is 0 Å². The molecule has 2 rings (SSSR count). The average Bonchev–Trinajstić information content (AvgIpc) is 2.90. The van der Waals surface area contributed by atoms with Crippen molar-refractivity contribution in [1.82, 2.24) is 4.98 Å². The fourth-order valence-corrected chi connectivity index (χ4v) is 2.13. The van der Waals surface area contributed by atoms with E-state index in [0.717, 1.165) is 25.7 Å². The topological polar surface area (TPSA) is 81.2 Å².